The monoisotopic (exact) mass is 615 g/mol. The lowest BCUT2D eigenvalue weighted by molar-refractivity contribution is 1.36. The largest absolute Gasteiger partial charge is 0.246 e. The first-order valence-corrected chi connectivity index (χ1v) is 16.6. The Morgan fingerprint density at radius 1 is 0.404 bits per heavy atom. The summed E-state index contributed by atoms with van der Waals surface area (Å²) in [6.07, 6.45) is 0. The molecule has 218 valence electrons. The van der Waals surface area contributed by atoms with Gasteiger partial charge in [0.05, 0.1) is 38.3 Å². The number of nitrogens with zero attached hydrogens (tertiary/aromatic N) is 3. The summed E-state index contributed by atoms with van der Waals surface area (Å²) in [6.45, 7) is 0. The van der Waals surface area contributed by atoms with Crippen LogP contribution in [0.3, 0.4) is 0 Å². The standard InChI is InChI=1S/C43H25N3S/c1-2-10-27(11-3-1)34-22-20-28-17-18-29-21-23-35(45-41(29)40(28)44-34)30-12-8-13-31(25-30)42-43-39(33-15-6-7-16-37(33)47-43)38-32-14-5-4-9-26(32)19-24-36(38)46-42/h1-25H. The van der Waals surface area contributed by atoms with Crippen LogP contribution < -0.4 is 0 Å². The van der Waals surface area contributed by atoms with Crippen molar-refractivity contribution in [1.29, 1.82) is 0 Å². The van der Waals surface area contributed by atoms with Gasteiger partial charge in [0.15, 0.2) is 0 Å². The summed E-state index contributed by atoms with van der Waals surface area (Å²) in [4.78, 5) is 15.7. The molecule has 4 heteroatoms. The number of pyridine rings is 3. The van der Waals surface area contributed by atoms with E-state index >= 15 is 0 Å². The summed E-state index contributed by atoms with van der Waals surface area (Å²) in [5, 5.41) is 8.40. The van der Waals surface area contributed by atoms with Crippen molar-refractivity contribution in [2.24, 2.45) is 0 Å². The van der Waals surface area contributed by atoms with Crippen molar-refractivity contribution in [3.05, 3.63) is 152 Å². The number of rotatable bonds is 3. The lowest BCUT2D eigenvalue weighted by atomic mass is 9.97. The van der Waals surface area contributed by atoms with Crippen LogP contribution in [0.4, 0.5) is 0 Å². The van der Waals surface area contributed by atoms with Crippen LogP contribution in [0.2, 0.25) is 0 Å². The molecule has 3 nitrogen and oxygen atoms in total. The van der Waals surface area contributed by atoms with Crippen LogP contribution in [0.5, 0.6) is 0 Å². The maximum Gasteiger partial charge on any atom is 0.0972 e. The number of hydrogen-bond acceptors (Lipinski definition) is 4. The third kappa shape index (κ3) is 4.16. The molecule has 4 heterocycles. The molecular formula is C43H25N3S. The van der Waals surface area contributed by atoms with E-state index < -0.39 is 0 Å². The molecule has 0 radical (unpaired) electrons. The first-order valence-electron chi connectivity index (χ1n) is 15.8. The fourth-order valence-corrected chi connectivity index (χ4v) is 8.19. The second-order valence-corrected chi connectivity index (χ2v) is 13.0. The van der Waals surface area contributed by atoms with Crippen molar-refractivity contribution < 1.29 is 0 Å². The molecule has 10 aromatic rings. The summed E-state index contributed by atoms with van der Waals surface area (Å²) in [5.41, 5.74) is 8.93. The van der Waals surface area contributed by atoms with Crippen LogP contribution in [0.1, 0.15) is 0 Å². The van der Waals surface area contributed by atoms with Gasteiger partial charge in [0.2, 0.25) is 0 Å². The van der Waals surface area contributed by atoms with Crippen molar-refractivity contribution in [3.63, 3.8) is 0 Å². The molecule has 0 saturated carbocycles. The van der Waals surface area contributed by atoms with E-state index in [1.807, 2.05) is 29.5 Å². The van der Waals surface area contributed by atoms with Crippen LogP contribution in [-0.2, 0) is 0 Å². The predicted molar refractivity (Wildman–Crippen MR) is 199 cm³/mol. The van der Waals surface area contributed by atoms with Gasteiger partial charge in [-0.1, -0.05) is 121 Å². The Balaban J connectivity index is 1.18. The highest BCUT2D eigenvalue weighted by atomic mass is 32.1. The Kier molecular flexibility index (Phi) is 5.74. The van der Waals surface area contributed by atoms with Gasteiger partial charge in [-0.25, -0.2) is 15.0 Å². The van der Waals surface area contributed by atoms with Crippen LogP contribution in [0.25, 0.3) is 97.4 Å². The van der Waals surface area contributed by atoms with Crippen LogP contribution in [0, 0.1) is 0 Å². The molecule has 0 atom stereocenters. The second kappa shape index (κ2) is 10.3. The minimum atomic E-state index is 0.908. The zero-order chi connectivity index (χ0) is 30.9. The van der Waals surface area contributed by atoms with Crippen LogP contribution in [0.15, 0.2) is 152 Å². The molecule has 0 aliphatic carbocycles. The summed E-state index contributed by atoms with van der Waals surface area (Å²) in [5.74, 6) is 0. The van der Waals surface area contributed by atoms with E-state index in [4.69, 9.17) is 15.0 Å². The van der Waals surface area contributed by atoms with Crippen molar-refractivity contribution in [3.8, 4) is 33.8 Å². The first kappa shape index (κ1) is 26.3. The topological polar surface area (TPSA) is 38.7 Å². The van der Waals surface area contributed by atoms with Crippen molar-refractivity contribution >= 4 is 75.0 Å². The normalized spacial score (nSPS) is 11.8. The molecule has 0 spiro atoms. The molecule has 47 heavy (non-hydrogen) atoms. The van der Waals surface area contributed by atoms with Gasteiger partial charge >= 0.3 is 0 Å². The van der Waals surface area contributed by atoms with Crippen molar-refractivity contribution in [2.75, 3.05) is 0 Å². The highest BCUT2D eigenvalue weighted by molar-refractivity contribution is 7.26. The van der Waals surface area contributed by atoms with E-state index in [1.54, 1.807) is 0 Å². The van der Waals surface area contributed by atoms with Crippen LogP contribution in [-0.4, -0.2) is 15.0 Å². The Labute approximate surface area is 274 Å². The van der Waals surface area contributed by atoms with Gasteiger partial charge in [-0.2, -0.15) is 0 Å². The second-order valence-electron chi connectivity index (χ2n) is 12.0. The summed E-state index contributed by atoms with van der Waals surface area (Å²) in [6, 6.07) is 53.5. The molecule has 0 N–H and O–H groups in total. The highest BCUT2D eigenvalue weighted by Crippen LogP contribution is 2.45. The van der Waals surface area contributed by atoms with Gasteiger partial charge < -0.3 is 0 Å². The van der Waals surface area contributed by atoms with Gasteiger partial charge in [0, 0.05) is 48.3 Å². The Morgan fingerprint density at radius 3 is 1.83 bits per heavy atom. The van der Waals surface area contributed by atoms with Gasteiger partial charge in [0.25, 0.3) is 0 Å². The number of thiophene rings is 1. The lowest BCUT2D eigenvalue weighted by Gasteiger charge is -2.11. The fourth-order valence-electron chi connectivity index (χ4n) is 6.97. The number of fused-ring (bicyclic) bond motifs is 10. The molecule has 0 bridgehead atoms. The molecule has 0 amide bonds. The SMILES string of the molecule is c1ccc(-c2ccc3ccc4ccc(-c5cccc(-c6nc7ccc8ccccc8c7c7c6sc6ccccc67)c5)nc4c3n2)cc1. The van der Waals surface area contributed by atoms with Gasteiger partial charge in [-0.3, -0.25) is 0 Å². The Hall–Kier alpha value is -5.97. The van der Waals surface area contributed by atoms with E-state index in [-0.39, 0.29) is 0 Å². The summed E-state index contributed by atoms with van der Waals surface area (Å²) < 4.78 is 2.48. The molecule has 4 aromatic heterocycles. The minimum Gasteiger partial charge on any atom is -0.246 e. The third-order valence-corrected chi connectivity index (χ3v) is 10.4. The molecule has 0 aliphatic heterocycles. The lowest BCUT2D eigenvalue weighted by Crippen LogP contribution is -1.92. The van der Waals surface area contributed by atoms with E-state index in [0.717, 1.165) is 61.1 Å². The summed E-state index contributed by atoms with van der Waals surface area (Å²) in [7, 11) is 0. The average Bonchev–Trinajstić information content (AvgIpc) is 3.54. The smallest absolute Gasteiger partial charge is 0.0972 e. The molecule has 0 saturated heterocycles. The zero-order valence-electron chi connectivity index (χ0n) is 25.2. The van der Waals surface area contributed by atoms with Gasteiger partial charge in [-0.05, 0) is 41.1 Å². The molecule has 10 rings (SSSR count). The maximum absolute atomic E-state index is 5.36. The van der Waals surface area contributed by atoms with Gasteiger partial charge in [-0.15, -0.1) is 11.3 Å². The van der Waals surface area contributed by atoms with Crippen LogP contribution >= 0.6 is 11.3 Å². The Bertz CT molecular complexity index is 2850. The highest BCUT2D eigenvalue weighted by Gasteiger charge is 2.18. The number of hydrogen-bond donors (Lipinski definition) is 0. The maximum atomic E-state index is 5.36. The zero-order valence-corrected chi connectivity index (χ0v) is 26.0. The average molecular weight is 616 g/mol. The predicted octanol–water partition coefficient (Wildman–Crippen LogP) is 11.9. The minimum absolute atomic E-state index is 0.908. The van der Waals surface area contributed by atoms with Crippen molar-refractivity contribution in [1.82, 2.24) is 15.0 Å². The first-order chi connectivity index (χ1) is 23.3. The molecule has 0 unspecified atom stereocenters. The molecule has 6 aromatic carbocycles. The Morgan fingerprint density at radius 2 is 1.02 bits per heavy atom. The summed E-state index contributed by atoms with van der Waals surface area (Å²) >= 11 is 1.82. The van der Waals surface area contributed by atoms with E-state index in [1.165, 1.54) is 36.3 Å². The van der Waals surface area contributed by atoms with E-state index in [2.05, 4.69) is 133 Å². The van der Waals surface area contributed by atoms with E-state index in [0.29, 0.717) is 0 Å². The molecule has 0 aliphatic rings. The van der Waals surface area contributed by atoms with Crippen molar-refractivity contribution in [2.45, 2.75) is 0 Å². The molecule has 0 fully saturated rings. The van der Waals surface area contributed by atoms with E-state index in [9.17, 15) is 0 Å². The quantitative estimate of drug-likeness (QED) is 0.186. The number of aromatic nitrogens is 3. The third-order valence-electron chi connectivity index (χ3n) is 9.22. The van der Waals surface area contributed by atoms with Gasteiger partial charge in [0.1, 0.15) is 0 Å². The number of benzene rings is 6. The molecular weight excluding hydrogens is 591 g/mol. The fraction of sp³-hybridized carbons (Fsp3) is 0.